The summed E-state index contributed by atoms with van der Waals surface area (Å²) in [5, 5.41) is 18.7. The molecule has 2 N–H and O–H groups in total. The van der Waals surface area contributed by atoms with E-state index in [1.54, 1.807) is 12.1 Å². The molecule has 0 saturated heterocycles. The minimum absolute atomic E-state index is 0.0561. The third kappa shape index (κ3) is 4.84. The topological polar surface area (TPSA) is 76.0 Å². The number of hydrogen-bond donors (Lipinski definition) is 2. The number of carboxylic acid groups (broad SMARTS) is 1. The maximum atomic E-state index is 10.6. The van der Waals surface area contributed by atoms with Crippen LogP contribution < -0.4 is 9.47 Å². The lowest BCUT2D eigenvalue weighted by atomic mass is 10.1. The molecule has 0 amide bonds. The van der Waals surface area contributed by atoms with Crippen molar-refractivity contribution in [3.63, 3.8) is 0 Å². The average Bonchev–Trinajstić information content (AvgIpc) is 2.43. The summed E-state index contributed by atoms with van der Waals surface area (Å²) in [6.45, 7) is 4.85. The van der Waals surface area contributed by atoms with Crippen LogP contribution in [-0.2, 0) is 4.79 Å². The highest BCUT2D eigenvalue weighted by Crippen LogP contribution is 2.38. The van der Waals surface area contributed by atoms with Gasteiger partial charge in [0.05, 0.1) is 13.2 Å². The van der Waals surface area contributed by atoms with Gasteiger partial charge >= 0.3 is 5.97 Å². The van der Waals surface area contributed by atoms with Crippen LogP contribution in [-0.4, -0.2) is 29.4 Å². The molecule has 0 heterocycles. The predicted molar refractivity (Wildman–Crippen MR) is 76.3 cm³/mol. The fourth-order valence-electron chi connectivity index (χ4n) is 1.51. The molecule has 0 radical (unpaired) electrons. The summed E-state index contributed by atoms with van der Waals surface area (Å²) in [7, 11) is 0. The number of phenols is 1. The Hall–Kier alpha value is -2.17. The molecule has 110 valence electrons. The summed E-state index contributed by atoms with van der Waals surface area (Å²) in [5.41, 5.74) is 0.599. The zero-order valence-electron chi connectivity index (χ0n) is 11.8. The standard InChI is InChI=1S/C15H20O5/c1-3-7-19-12-9-11(5-6-14(16)17)10-13(15(12)18)20-8-4-2/h5-6,9-10,18H,3-4,7-8H2,1-2H3,(H,16,17)/b6-5+. The van der Waals surface area contributed by atoms with Gasteiger partial charge in [-0.05, 0) is 36.6 Å². The van der Waals surface area contributed by atoms with Gasteiger partial charge in [0.1, 0.15) is 0 Å². The maximum absolute atomic E-state index is 10.6. The summed E-state index contributed by atoms with van der Waals surface area (Å²) in [5.74, 6) is -0.500. The van der Waals surface area contributed by atoms with Crippen LogP contribution in [0, 0.1) is 0 Å². The van der Waals surface area contributed by atoms with Gasteiger partial charge in [-0.3, -0.25) is 0 Å². The number of ether oxygens (including phenoxy) is 2. The molecular formula is C15H20O5. The van der Waals surface area contributed by atoms with Crippen LogP contribution in [0.15, 0.2) is 18.2 Å². The Morgan fingerprint density at radius 1 is 1.15 bits per heavy atom. The van der Waals surface area contributed by atoms with Crippen LogP contribution in [0.1, 0.15) is 32.3 Å². The van der Waals surface area contributed by atoms with Gasteiger partial charge in [0, 0.05) is 6.08 Å². The normalized spacial score (nSPS) is 10.7. The molecule has 0 aliphatic heterocycles. The van der Waals surface area contributed by atoms with Gasteiger partial charge in [0.2, 0.25) is 5.75 Å². The first-order chi connectivity index (χ1) is 9.58. The first-order valence-corrected chi connectivity index (χ1v) is 6.62. The van der Waals surface area contributed by atoms with Crippen LogP contribution in [0.3, 0.4) is 0 Å². The molecule has 1 aromatic rings. The SMILES string of the molecule is CCCOc1cc(/C=C/C(=O)O)cc(OCCC)c1O. The third-order valence-electron chi connectivity index (χ3n) is 2.40. The van der Waals surface area contributed by atoms with E-state index in [1.165, 1.54) is 6.08 Å². The number of benzene rings is 1. The quantitative estimate of drug-likeness (QED) is 0.716. The van der Waals surface area contributed by atoms with Crippen LogP contribution in [0.5, 0.6) is 17.2 Å². The Labute approximate surface area is 118 Å². The second-order valence-electron chi connectivity index (χ2n) is 4.23. The molecular weight excluding hydrogens is 260 g/mol. The molecule has 0 atom stereocenters. The van der Waals surface area contributed by atoms with E-state index in [0.717, 1.165) is 18.9 Å². The minimum Gasteiger partial charge on any atom is -0.502 e. The number of carbonyl (C=O) groups is 1. The number of aliphatic carboxylic acids is 1. The van der Waals surface area contributed by atoms with E-state index in [-0.39, 0.29) is 5.75 Å². The predicted octanol–water partition coefficient (Wildman–Crippen LogP) is 3.07. The van der Waals surface area contributed by atoms with Crippen molar-refractivity contribution in [3.05, 3.63) is 23.8 Å². The minimum atomic E-state index is -1.04. The van der Waals surface area contributed by atoms with E-state index in [4.69, 9.17) is 14.6 Å². The van der Waals surface area contributed by atoms with Gasteiger partial charge in [-0.15, -0.1) is 0 Å². The lowest BCUT2D eigenvalue weighted by Gasteiger charge is -2.13. The summed E-state index contributed by atoms with van der Waals surface area (Å²) in [4.78, 5) is 10.6. The second kappa shape index (κ2) is 8.09. The summed E-state index contributed by atoms with van der Waals surface area (Å²) < 4.78 is 10.9. The Bertz CT molecular complexity index is 450. The monoisotopic (exact) mass is 280 g/mol. The summed E-state index contributed by atoms with van der Waals surface area (Å²) >= 11 is 0. The van der Waals surface area contributed by atoms with Crippen molar-refractivity contribution in [1.82, 2.24) is 0 Å². The van der Waals surface area contributed by atoms with Crippen LogP contribution in [0.2, 0.25) is 0 Å². The van der Waals surface area contributed by atoms with Gasteiger partial charge in [-0.25, -0.2) is 4.79 Å². The Morgan fingerprint density at radius 2 is 1.65 bits per heavy atom. The van der Waals surface area contributed by atoms with Crippen molar-refractivity contribution in [2.45, 2.75) is 26.7 Å². The van der Waals surface area contributed by atoms with Crippen molar-refractivity contribution in [3.8, 4) is 17.2 Å². The van der Waals surface area contributed by atoms with Gasteiger partial charge in [-0.2, -0.15) is 0 Å². The van der Waals surface area contributed by atoms with Crippen LogP contribution in [0.4, 0.5) is 0 Å². The number of hydrogen-bond acceptors (Lipinski definition) is 4. The number of rotatable bonds is 8. The summed E-state index contributed by atoms with van der Waals surface area (Å²) in [6.07, 6.45) is 4.07. The molecule has 0 aliphatic carbocycles. The number of aromatic hydroxyl groups is 1. The zero-order valence-corrected chi connectivity index (χ0v) is 11.8. The Morgan fingerprint density at radius 3 is 2.05 bits per heavy atom. The smallest absolute Gasteiger partial charge is 0.328 e. The zero-order chi connectivity index (χ0) is 15.0. The molecule has 20 heavy (non-hydrogen) atoms. The molecule has 1 rings (SSSR count). The van der Waals surface area contributed by atoms with Crippen molar-refractivity contribution in [1.29, 1.82) is 0 Å². The third-order valence-corrected chi connectivity index (χ3v) is 2.40. The van der Waals surface area contributed by atoms with Crippen LogP contribution >= 0.6 is 0 Å². The van der Waals surface area contributed by atoms with E-state index in [9.17, 15) is 9.90 Å². The van der Waals surface area contributed by atoms with Crippen LogP contribution in [0.25, 0.3) is 6.08 Å². The van der Waals surface area contributed by atoms with E-state index >= 15 is 0 Å². The molecule has 5 nitrogen and oxygen atoms in total. The molecule has 0 aliphatic rings. The summed E-state index contributed by atoms with van der Waals surface area (Å²) in [6, 6.07) is 3.17. The number of phenolic OH excluding ortho intramolecular Hbond substituents is 1. The molecule has 0 bridgehead atoms. The first kappa shape index (κ1) is 15.9. The Balaban J connectivity index is 3.07. The maximum Gasteiger partial charge on any atom is 0.328 e. The van der Waals surface area contributed by atoms with E-state index in [2.05, 4.69) is 0 Å². The highest BCUT2D eigenvalue weighted by Gasteiger charge is 2.11. The molecule has 5 heteroatoms. The molecule has 0 spiro atoms. The highest BCUT2D eigenvalue weighted by atomic mass is 16.5. The van der Waals surface area contributed by atoms with Gasteiger partial charge in [0.15, 0.2) is 11.5 Å². The molecule has 0 aromatic heterocycles. The average molecular weight is 280 g/mol. The molecule has 0 unspecified atom stereocenters. The van der Waals surface area contributed by atoms with E-state index < -0.39 is 5.97 Å². The fraction of sp³-hybridized carbons (Fsp3) is 0.400. The molecule has 0 fully saturated rings. The van der Waals surface area contributed by atoms with E-state index in [1.807, 2.05) is 13.8 Å². The highest BCUT2D eigenvalue weighted by molar-refractivity contribution is 5.85. The first-order valence-electron chi connectivity index (χ1n) is 6.62. The molecule has 1 aromatic carbocycles. The van der Waals surface area contributed by atoms with Gasteiger partial charge in [-0.1, -0.05) is 13.8 Å². The fourth-order valence-corrected chi connectivity index (χ4v) is 1.51. The lowest BCUT2D eigenvalue weighted by Crippen LogP contribution is -2.00. The van der Waals surface area contributed by atoms with Crippen molar-refractivity contribution in [2.75, 3.05) is 13.2 Å². The lowest BCUT2D eigenvalue weighted by molar-refractivity contribution is -0.131. The van der Waals surface area contributed by atoms with Gasteiger partial charge in [0.25, 0.3) is 0 Å². The van der Waals surface area contributed by atoms with Crippen molar-refractivity contribution < 1.29 is 24.5 Å². The van der Waals surface area contributed by atoms with Gasteiger partial charge < -0.3 is 19.7 Å². The second-order valence-corrected chi connectivity index (χ2v) is 4.23. The Kier molecular flexibility index (Phi) is 6.43. The molecule has 0 saturated carbocycles. The van der Waals surface area contributed by atoms with E-state index in [0.29, 0.717) is 30.3 Å². The number of carboxylic acids is 1. The van der Waals surface area contributed by atoms with Crippen molar-refractivity contribution in [2.24, 2.45) is 0 Å². The largest absolute Gasteiger partial charge is 0.502 e. The van der Waals surface area contributed by atoms with Crippen molar-refractivity contribution >= 4 is 12.0 Å².